The van der Waals surface area contributed by atoms with Crippen LogP contribution in [0.5, 0.6) is 0 Å². The van der Waals surface area contributed by atoms with Gasteiger partial charge in [-0.25, -0.2) is 13.2 Å². The summed E-state index contributed by atoms with van der Waals surface area (Å²) in [5.74, 6) is -0.884. The maximum Gasteiger partial charge on any atom is 0.338 e. The highest BCUT2D eigenvalue weighted by atomic mass is 35.5. The second-order valence-corrected chi connectivity index (χ2v) is 9.71. The van der Waals surface area contributed by atoms with Crippen LogP contribution in [0.15, 0.2) is 66.7 Å². The summed E-state index contributed by atoms with van der Waals surface area (Å²) in [5, 5.41) is 3.34. The monoisotopic (exact) mass is 486 g/mol. The van der Waals surface area contributed by atoms with Gasteiger partial charge in [0.05, 0.1) is 31.2 Å². The van der Waals surface area contributed by atoms with Crippen molar-refractivity contribution in [2.75, 3.05) is 23.0 Å². The molecule has 0 radical (unpaired) electrons. The summed E-state index contributed by atoms with van der Waals surface area (Å²) in [5.41, 5.74) is 2.95. The van der Waals surface area contributed by atoms with Crippen LogP contribution in [-0.4, -0.2) is 33.7 Å². The van der Waals surface area contributed by atoms with Gasteiger partial charge in [0.15, 0.2) is 0 Å². The van der Waals surface area contributed by atoms with Gasteiger partial charge in [0.2, 0.25) is 10.0 Å². The van der Waals surface area contributed by atoms with Crippen molar-refractivity contribution in [3.05, 3.63) is 94.0 Å². The third-order valence-electron chi connectivity index (χ3n) is 5.04. The van der Waals surface area contributed by atoms with Crippen LogP contribution in [0.3, 0.4) is 0 Å². The Labute approximate surface area is 198 Å². The molecule has 0 aliphatic carbocycles. The second kappa shape index (κ2) is 10.1. The van der Waals surface area contributed by atoms with Crippen LogP contribution >= 0.6 is 11.6 Å². The highest BCUT2D eigenvalue weighted by molar-refractivity contribution is 7.92. The Morgan fingerprint density at radius 1 is 1.00 bits per heavy atom. The molecule has 0 aliphatic rings. The number of ether oxygens (including phenoxy) is 1. The zero-order chi connectivity index (χ0) is 24.2. The van der Waals surface area contributed by atoms with Gasteiger partial charge in [-0.3, -0.25) is 9.10 Å². The Morgan fingerprint density at radius 3 is 2.21 bits per heavy atom. The molecule has 0 atom stereocenters. The average molecular weight is 487 g/mol. The molecule has 3 rings (SSSR count). The molecule has 0 unspecified atom stereocenters. The maximum absolute atomic E-state index is 12.7. The molecule has 0 aromatic heterocycles. The Kier molecular flexibility index (Phi) is 7.40. The Balaban J connectivity index is 1.81. The molecule has 1 N–H and O–H groups in total. The molecule has 172 valence electrons. The largest absolute Gasteiger partial charge is 0.465 e. The van der Waals surface area contributed by atoms with E-state index in [4.69, 9.17) is 16.3 Å². The van der Waals surface area contributed by atoms with E-state index in [-0.39, 0.29) is 6.54 Å². The van der Waals surface area contributed by atoms with Crippen LogP contribution in [0, 0.1) is 6.92 Å². The number of carbonyl (C=O) groups is 2. The molecule has 0 bridgehead atoms. The van der Waals surface area contributed by atoms with E-state index < -0.39 is 21.9 Å². The summed E-state index contributed by atoms with van der Waals surface area (Å²) in [6.45, 7) is 1.84. The number of sulfonamides is 1. The molecule has 0 fully saturated rings. The number of hydrogen-bond donors (Lipinski definition) is 1. The van der Waals surface area contributed by atoms with Gasteiger partial charge in [-0.2, -0.15) is 0 Å². The first-order valence-electron chi connectivity index (χ1n) is 9.91. The van der Waals surface area contributed by atoms with Crippen molar-refractivity contribution < 1.29 is 22.7 Å². The fourth-order valence-electron chi connectivity index (χ4n) is 3.23. The zero-order valence-electron chi connectivity index (χ0n) is 18.3. The van der Waals surface area contributed by atoms with Gasteiger partial charge in [-0.05, 0) is 66.6 Å². The number of nitrogens with one attached hydrogen (secondary N) is 1. The molecular weight excluding hydrogens is 464 g/mol. The molecule has 1 amide bonds. The number of halogens is 1. The molecule has 3 aromatic carbocycles. The number of benzene rings is 3. The number of esters is 1. The summed E-state index contributed by atoms with van der Waals surface area (Å²) in [4.78, 5) is 24.6. The van der Waals surface area contributed by atoms with Gasteiger partial charge in [-0.15, -0.1) is 0 Å². The minimum Gasteiger partial charge on any atom is -0.465 e. The maximum atomic E-state index is 12.7. The van der Waals surface area contributed by atoms with Gasteiger partial charge in [0, 0.05) is 16.3 Å². The Morgan fingerprint density at radius 2 is 1.64 bits per heavy atom. The van der Waals surface area contributed by atoms with E-state index in [9.17, 15) is 18.0 Å². The molecule has 0 saturated heterocycles. The van der Waals surface area contributed by atoms with Crippen LogP contribution < -0.4 is 9.62 Å². The van der Waals surface area contributed by atoms with E-state index in [2.05, 4.69) is 5.32 Å². The van der Waals surface area contributed by atoms with Crippen LogP contribution in [0.25, 0.3) is 0 Å². The standard InChI is InChI=1S/C24H23ClN2O5S/c1-16-21(24(29)32-2)5-4-6-22(16)26-23(28)18-9-13-20(14-10-18)27(33(3,30)31)15-17-7-11-19(25)12-8-17/h4-14H,15H2,1-3H3,(H,26,28). The summed E-state index contributed by atoms with van der Waals surface area (Å²) >= 11 is 5.91. The number of hydrogen-bond acceptors (Lipinski definition) is 5. The normalized spacial score (nSPS) is 11.0. The Bertz CT molecular complexity index is 1270. The number of methoxy groups -OCH3 is 1. The van der Waals surface area contributed by atoms with E-state index in [0.29, 0.717) is 33.1 Å². The first-order chi connectivity index (χ1) is 15.6. The van der Waals surface area contributed by atoms with Crippen LogP contribution in [0.4, 0.5) is 11.4 Å². The highest BCUT2D eigenvalue weighted by Crippen LogP contribution is 2.24. The lowest BCUT2D eigenvalue weighted by Crippen LogP contribution is -2.29. The summed E-state index contributed by atoms with van der Waals surface area (Å²) in [6.07, 6.45) is 1.13. The molecular formula is C24H23ClN2O5S. The lowest BCUT2D eigenvalue weighted by Gasteiger charge is -2.23. The first-order valence-corrected chi connectivity index (χ1v) is 12.1. The van der Waals surface area contributed by atoms with Crippen LogP contribution in [-0.2, 0) is 21.3 Å². The van der Waals surface area contributed by atoms with E-state index in [1.54, 1.807) is 73.7 Å². The number of carbonyl (C=O) groups excluding carboxylic acids is 2. The van der Waals surface area contributed by atoms with Crippen molar-refractivity contribution >= 4 is 44.9 Å². The molecule has 0 spiro atoms. The summed E-state index contributed by atoms with van der Waals surface area (Å²) in [7, 11) is -2.28. The van der Waals surface area contributed by atoms with E-state index in [1.165, 1.54) is 11.4 Å². The van der Waals surface area contributed by atoms with Gasteiger partial charge in [0.1, 0.15) is 0 Å². The van der Waals surface area contributed by atoms with Crippen molar-refractivity contribution in [3.8, 4) is 0 Å². The van der Waals surface area contributed by atoms with E-state index in [0.717, 1.165) is 11.8 Å². The fraction of sp³-hybridized carbons (Fsp3) is 0.167. The lowest BCUT2D eigenvalue weighted by molar-refractivity contribution is 0.0599. The number of anilines is 2. The third kappa shape index (κ3) is 5.91. The predicted molar refractivity (Wildman–Crippen MR) is 129 cm³/mol. The van der Waals surface area contributed by atoms with Crippen molar-refractivity contribution in [3.63, 3.8) is 0 Å². The molecule has 0 heterocycles. The molecule has 7 nitrogen and oxygen atoms in total. The topological polar surface area (TPSA) is 92.8 Å². The van der Waals surface area contributed by atoms with Gasteiger partial charge in [0.25, 0.3) is 5.91 Å². The highest BCUT2D eigenvalue weighted by Gasteiger charge is 2.19. The number of nitrogens with zero attached hydrogens (tertiary/aromatic N) is 1. The van der Waals surface area contributed by atoms with E-state index in [1.807, 2.05) is 0 Å². The van der Waals surface area contributed by atoms with Gasteiger partial charge < -0.3 is 10.1 Å². The van der Waals surface area contributed by atoms with Crippen molar-refractivity contribution in [2.45, 2.75) is 13.5 Å². The number of amides is 1. The first kappa shape index (κ1) is 24.3. The van der Waals surface area contributed by atoms with Gasteiger partial charge in [-0.1, -0.05) is 29.8 Å². The zero-order valence-corrected chi connectivity index (χ0v) is 19.9. The van der Waals surface area contributed by atoms with Crippen molar-refractivity contribution in [1.82, 2.24) is 0 Å². The summed E-state index contributed by atoms with van der Waals surface area (Å²) in [6, 6.07) is 18.1. The smallest absolute Gasteiger partial charge is 0.338 e. The number of rotatable bonds is 7. The minimum absolute atomic E-state index is 0.126. The average Bonchev–Trinajstić information content (AvgIpc) is 2.79. The molecule has 3 aromatic rings. The molecule has 33 heavy (non-hydrogen) atoms. The van der Waals surface area contributed by atoms with Crippen molar-refractivity contribution in [1.29, 1.82) is 0 Å². The minimum atomic E-state index is -3.57. The molecule has 9 heteroatoms. The van der Waals surface area contributed by atoms with Crippen molar-refractivity contribution in [2.24, 2.45) is 0 Å². The predicted octanol–water partition coefficient (Wildman–Crippen LogP) is 4.65. The van der Waals surface area contributed by atoms with Crippen LogP contribution in [0.2, 0.25) is 5.02 Å². The Hall–Kier alpha value is -3.36. The van der Waals surface area contributed by atoms with E-state index >= 15 is 0 Å². The quantitative estimate of drug-likeness (QED) is 0.490. The van der Waals surface area contributed by atoms with Crippen LogP contribution in [0.1, 0.15) is 31.8 Å². The molecule has 0 aliphatic heterocycles. The second-order valence-electron chi connectivity index (χ2n) is 7.37. The summed E-state index contributed by atoms with van der Waals surface area (Å²) < 4.78 is 30.8. The molecule has 0 saturated carbocycles. The lowest BCUT2D eigenvalue weighted by atomic mass is 10.1. The SMILES string of the molecule is COC(=O)c1cccc(NC(=O)c2ccc(N(Cc3ccc(Cl)cc3)S(C)(=O)=O)cc2)c1C. The van der Waals surface area contributed by atoms with Gasteiger partial charge >= 0.3 is 5.97 Å². The third-order valence-corrected chi connectivity index (χ3v) is 6.44. The fourth-order valence-corrected chi connectivity index (χ4v) is 4.25.